The molecule has 0 amide bonds. The van der Waals surface area contributed by atoms with Gasteiger partial charge in [-0.15, -0.1) is 0 Å². The van der Waals surface area contributed by atoms with Crippen LogP contribution >= 0.6 is 11.6 Å². The minimum atomic E-state index is 0.595. The summed E-state index contributed by atoms with van der Waals surface area (Å²) in [4.78, 5) is 14.1. The second-order valence-electron chi connectivity index (χ2n) is 7.13. The van der Waals surface area contributed by atoms with Gasteiger partial charge in [0.1, 0.15) is 0 Å². The van der Waals surface area contributed by atoms with Gasteiger partial charge in [0.25, 0.3) is 0 Å². The van der Waals surface area contributed by atoms with Gasteiger partial charge in [0.15, 0.2) is 5.82 Å². The molecule has 0 saturated heterocycles. The number of hydrogen-bond acceptors (Lipinski definition) is 3. The zero-order valence-corrected chi connectivity index (χ0v) is 17.4. The minimum absolute atomic E-state index is 0.595. The molecule has 0 bridgehead atoms. The third-order valence-electron chi connectivity index (χ3n) is 5.04. The number of nitrogens with zero attached hydrogens (tertiary/aromatic N) is 3. The van der Waals surface area contributed by atoms with Gasteiger partial charge in [-0.3, -0.25) is 4.98 Å². The number of rotatable bonds is 4. The molecule has 0 spiro atoms. The second kappa shape index (κ2) is 8.50. The smallest absolute Gasteiger partial charge is 0.160 e. The van der Waals surface area contributed by atoms with Crippen molar-refractivity contribution in [3.8, 4) is 45.2 Å². The number of benzene rings is 3. The average Bonchev–Trinajstić information content (AvgIpc) is 2.85. The van der Waals surface area contributed by atoms with Crippen molar-refractivity contribution in [3.63, 3.8) is 0 Å². The Morgan fingerprint density at radius 1 is 0.484 bits per heavy atom. The first kappa shape index (κ1) is 19.2. The molecule has 0 fully saturated rings. The lowest BCUT2D eigenvalue weighted by atomic mass is 10.0. The van der Waals surface area contributed by atoms with E-state index in [1.165, 1.54) is 11.1 Å². The largest absolute Gasteiger partial charge is 0.253 e. The number of pyridine rings is 1. The molecule has 2 heterocycles. The van der Waals surface area contributed by atoms with Crippen LogP contribution in [-0.4, -0.2) is 15.0 Å². The fourth-order valence-corrected chi connectivity index (χ4v) is 3.55. The third-order valence-corrected chi connectivity index (χ3v) is 5.26. The molecular formula is C27H18ClN3. The highest BCUT2D eigenvalue weighted by molar-refractivity contribution is 6.30. The highest BCUT2D eigenvalue weighted by atomic mass is 35.5. The fraction of sp³-hybridized carbons (Fsp3) is 0. The van der Waals surface area contributed by atoms with Crippen molar-refractivity contribution >= 4 is 11.6 Å². The maximum Gasteiger partial charge on any atom is 0.160 e. The summed E-state index contributed by atoms with van der Waals surface area (Å²) in [6.45, 7) is 0. The lowest BCUT2D eigenvalue weighted by Gasteiger charge is -2.10. The first-order chi connectivity index (χ1) is 15.3. The van der Waals surface area contributed by atoms with Crippen molar-refractivity contribution in [3.05, 3.63) is 114 Å². The van der Waals surface area contributed by atoms with Gasteiger partial charge in [0.05, 0.1) is 22.1 Å². The standard InChI is InChI=1S/C27H18ClN3/c28-23-15-16-24(29-18-23)26-17-25(30-27(31-26)22-9-5-2-6-10-22)21-13-11-20(12-14-21)19-7-3-1-4-8-19/h1-18H. The van der Waals surface area contributed by atoms with Crippen molar-refractivity contribution in [1.82, 2.24) is 15.0 Å². The van der Waals surface area contributed by atoms with Gasteiger partial charge >= 0.3 is 0 Å². The van der Waals surface area contributed by atoms with E-state index in [-0.39, 0.29) is 0 Å². The molecule has 0 aliphatic rings. The van der Waals surface area contributed by atoms with Crippen LogP contribution in [-0.2, 0) is 0 Å². The highest BCUT2D eigenvalue weighted by Crippen LogP contribution is 2.28. The molecule has 0 radical (unpaired) electrons. The van der Waals surface area contributed by atoms with Gasteiger partial charge in [-0.1, -0.05) is 96.5 Å². The number of aromatic nitrogens is 3. The van der Waals surface area contributed by atoms with E-state index in [9.17, 15) is 0 Å². The van der Waals surface area contributed by atoms with Crippen LogP contribution < -0.4 is 0 Å². The van der Waals surface area contributed by atoms with E-state index in [2.05, 4.69) is 41.4 Å². The highest BCUT2D eigenvalue weighted by Gasteiger charge is 2.11. The Hall–Kier alpha value is -3.82. The van der Waals surface area contributed by atoms with Crippen LogP contribution in [0.3, 0.4) is 0 Å². The normalized spacial score (nSPS) is 10.7. The molecule has 0 aliphatic carbocycles. The van der Waals surface area contributed by atoms with Crippen molar-refractivity contribution in [2.24, 2.45) is 0 Å². The fourth-order valence-electron chi connectivity index (χ4n) is 3.43. The summed E-state index contributed by atoms with van der Waals surface area (Å²) in [6.07, 6.45) is 1.63. The Balaban J connectivity index is 1.60. The summed E-state index contributed by atoms with van der Waals surface area (Å²) in [6, 6.07) is 34.4. The lowest BCUT2D eigenvalue weighted by Crippen LogP contribution is -1.96. The molecule has 0 unspecified atom stereocenters. The van der Waals surface area contributed by atoms with E-state index >= 15 is 0 Å². The van der Waals surface area contributed by atoms with E-state index in [4.69, 9.17) is 21.6 Å². The summed E-state index contributed by atoms with van der Waals surface area (Å²) in [5.74, 6) is 0.664. The summed E-state index contributed by atoms with van der Waals surface area (Å²) >= 11 is 6.02. The van der Waals surface area contributed by atoms with Gasteiger partial charge in [0, 0.05) is 17.3 Å². The maximum atomic E-state index is 6.02. The van der Waals surface area contributed by atoms with E-state index in [0.29, 0.717) is 10.8 Å². The lowest BCUT2D eigenvalue weighted by molar-refractivity contribution is 1.16. The second-order valence-corrected chi connectivity index (χ2v) is 7.57. The summed E-state index contributed by atoms with van der Waals surface area (Å²) in [5, 5.41) is 0.595. The molecule has 5 rings (SSSR count). The summed E-state index contributed by atoms with van der Waals surface area (Å²) < 4.78 is 0. The molecule has 0 saturated carbocycles. The maximum absolute atomic E-state index is 6.02. The van der Waals surface area contributed by atoms with Gasteiger partial charge in [-0.05, 0) is 29.3 Å². The predicted molar refractivity (Wildman–Crippen MR) is 127 cm³/mol. The molecule has 4 heteroatoms. The summed E-state index contributed by atoms with van der Waals surface area (Å²) in [5.41, 5.74) is 6.70. The van der Waals surface area contributed by atoms with E-state index < -0.39 is 0 Å². The summed E-state index contributed by atoms with van der Waals surface area (Å²) in [7, 11) is 0. The van der Waals surface area contributed by atoms with Crippen molar-refractivity contribution in [2.45, 2.75) is 0 Å². The van der Waals surface area contributed by atoms with E-state index in [1.807, 2.05) is 66.7 Å². The van der Waals surface area contributed by atoms with Crippen LogP contribution in [0.25, 0.3) is 45.2 Å². The quantitative estimate of drug-likeness (QED) is 0.309. The monoisotopic (exact) mass is 419 g/mol. The van der Waals surface area contributed by atoms with Crippen LogP contribution in [0.15, 0.2) is 109 Å². The Labute approximate surface area is 186 Å². The minimum Gasteiger partial charge on any atom is -0.253 e. The average molecular weight is 420 g/mol. The van der Waals surface area contributed by atoms with Gasteiger partial charge in [-0.2, -0.15) is 0 Å². The molecule has 0 atom stereocenters. The van der Waals surface area contributed by atoms with Gasteiger partial charge < -0.3 is 0 Å². The topological polar surface area (TPSA) is 38.7 Å². The Morgan fingerprint density at radius 2 is 1.06 bits per heavy atom. The van der Waals surface area contributed by atoms with Crippen LogP contribution in [0.5, 0.6) is 0 Å². The molecule has 0 aliphatic heterocycles. The number of hydrogen-bond donors (Lipinski definition) is 0. The Bertz CT molecular complexity index is 1300. The molecule has 148 valence electrons. The van der Waals surface area contributed by atoms with Gasteiger partial charge in [-0.25, -0.2) is 9.97 Å². The zero-order chi connectivity index (χ0) is 21.0. The van der Waals surface area contributed by atoms with Crippen LogP contribution in [0.2, 0.25) is 5.02 Å². The zero-order valence-electron chi connectivity index (χ0n) is 16.6. The molecule has 3 aromatic carbocycles. The van der Waals surface area contributed by atoms with E-state index in [0.717, 1.165) is 28.2 Å². The van der Waals surface area contributed by atoms with Crippen LogP contribution in [0.1, 0.15) is 0 Å². The van der Waals surface area contributed by atoms with E-state index in [1.54, 1.807) is 6.20 Å². The number of halogens is 1. The Kier molecular flexibility index (Phi) is 5.26. The third kappa shape index (κ3) is 4.23. The van der Waals surface area contributed by atoms with Gasteiger partial charge in [0.2, 0.25) is 0 Å². The molecule has 2 aromatic heterocycles. The van der Waals surface area contributed by atoms with Crippen molar-refractivity contribution in [1.29, 1.82) is 0 Å². The van der Waals surface area contributed by atoms with Crippen molar-refractivity contribution in [2.75, 3.05) is 0 Å². The predicted octanol–water partition coefficient (Wildman–Crippen LogP) is 7.19. The molecule has 5 aromatic rings. The molecular weight excluding hydrogens is 402 g/mol. The van der Waals surface area contributed by atoms with Crippen molar-refractivity contribution < 1.29 is 0 Å². The molecule has 0 N–H and O–H groups in total. The first-order valence-corrected chi connectivity index (χ1v) is 10.4. The SMILES string of the molecule is Clc1ccc(-c2cc(-c3ccc(-c4ccccc4)cc3)nc(-c3ccccc3)n2)nc1. The molecule has 3 nitrogen and oxygen atoms in total. The Morgan fingerprint density at radius 3 is 1.71 bits per heavy atom. The van der Waals surface area contributed by atoms with Crippen LogP contribution in [0, 0.1) is 0 Å². The molecule has 31 heavy (non-hydrogen) atoms. The first-order valence-electron chi connectivity index (χ1n) is 9.98. The van der Waals surface area contributed by atoms with Crippen LogP contribution in [0.4, 0.5) is 0 Å².